The Kier molecular flexibility index (Phi) is 6.96. The van der Waals surface area contributed by atoms with Crippen molar-refractivity contribution in [1.82, 2.24) is 0 Å². The van der Waals surface area contributed by atoms with Crippen LogP contribution in [0, 0.1) is 40.9 Å². The molecule has 110 valence electrons. The van der Waals surface area contributed by atoms with Crippen LogP contribution in [0.3, 0.4) is 0 Å². The van der Waals surface area contributed by atoms with E-state index in [9.17, 15) is 0 Å². The van der Waals surface area contributed by atoms with Gasteiger partial charge in [-0.1, -0.05) is 75.7 Å². The van der Waals surface area contributed by atoms with E-state index in [1.54, 1.807) is 0 Å². The van der Waals surface area contributed by atoms with Crippen LogP contribution in [-0.2, 0) is 0 Å². The Labute approximate surface area is 117 Å². The van der Waals surface area contributed by atoms with Gasteiger partial charge in [0.1, 0.15) is 0 Å². The largest absolute Gasteiger partial charge is 0.0651 e. The molecule has 0 aliphatic carbocycles. The molecule has 0 spiro atoms. The molecule has 0 rings (SSSR count). The fraction of sp³-hybridized carbons (Fsp3) is 1.00. The van der Waals surface area contributed by atoms with E-state index in [0.29, 0.717) is 5.41 Å². The predicted octanol–water partition coefficient (Wildman–Crippen LogP) is 6.26. The van der Waals surface area contributed by atoms with Gasteiger partial charge in [-0.15, -0.1) is 0 Å². The molecule has 0 aliphatic rings. The minimum Gasteiger partial charge on any atom is -0.0651 e. The van der Waals surface area contributed by atoms with Crippen LogP contribution >= 0.6 is 0 Å². The van der Waals surface area contributed by atoms with Crippen molar-refractivity contribution in [3.63, 3.8) is 0 Å². The summed E-state index contributed by atoms with van der Waals surface area (Å²) in [5.41, 5.74) is 0.424. The maximum Gasteiger partial charge on any atom is -0.0354 e. The molecule has 6 unspecified atom stereocenters. The van der Waals surface area contributed by atoms with Gasteiger partial charge in [-0.3, -0.25) is 0 Å². The van der Waals surface area contributed by atoms with Gasteiger partial charge in [0.15, 0.2) is 0 Å². The Morgan fingerprint density at radius 1 is 0.667 bits per heavy atom. The van der Waals surface area contributed by atoms with Gasteiger partial charge >= 0.3 is 0 Å². The maximum atomic E-state index is 2.47. The molecular weight excluding hydrogens is 216 g/mol. The standard InChI is InChI=1S/C18H38/c1-11-12(2)13(3)14(4)15(5)16(6)17(7)18(8,9)10/h12-17H,11H2,1-10H3. The first-order valence-electron chi connectivity index (χ1n) is 8.03. The van der Waals surface area contributed by atoms with E-state index in [0.717, 1.165) is 35.5 Å². The van der Waals surface area contributed by atoms with Crippen molar-refractivity contribution in [1.29, 1.82) is 0 Å². The summed E-state index contributed by atoms with van der Waals surface area (Å²) in [6.45, 7) is 24.1. The molecular formula is C18H38. The quantitative estimate of drug-likeness (QED) is 0.525. The van der Waals surface area contributed by atoms with E-state index < -0.39 is 0 Å². The molecule has 0 heteroatoms. The van der Waals surface area contributed by atoms with E-state index in [4.69, 9.17) is 0 Å². The lowest BCUT2D eigenvalue weighted by Crippen LogP contribution is -2.33. The van der Waals surface area contributed by atoms with Crippen LogP contribution in [0.1, 0.15) is 75.7 Å². The van der Waals surface area contributed by atoms with Gasteiger partial charge in [0, 0.05) is 0 Å². The van der Waals surface area contributed by atoms with Crippen LogP contribution in [0.2, 0.25) is 0 Å². The average Bonchev–Trinajstić information content (AvgIpc) is 2.31. The molecule has 0 aromatic rings. The van der Waals surface area contributed by atoms with Gasteiger partial charge < -0.3 is 0 Å². The summed E-state index contributed by atoms with van der Waals surface area (Å²) < 4.78 is 0. The second kappa shape index (κ2) is 6.96. The molecule has 0 aromatic heterocycles. The van der Waals surface area contributed by atoms with Crippen LogP contribution < -0.4 is 0 Å². The zero-order valence-corrected chi connectivity index (χ0v) is 14.7. The average molecular weight is 255 g/mol. The van der Waals surface area contributed by atoms with Crippen molar-refractivity contribution < 1.29 is 0 Å². The van der Waals surface area contributed by atoms with Crippen LogP contribution in [0.15, 0.2) is 0 Å². The normalized spacial score (nSPS) is 23.0. The maximum absolute atomic E-state index is 2.47. The summed E-state index contributed by atoms with van der Waals surface area (Å²) in [6, 6.07) is 0. The van der Waals surface area contributed by atoms with Gasteiger partial charge in [-0.25, -0.2) is 0 Å². The van der Waals surface area contributed by atoms with E-state index in [1.165, 1.54) is 6.42 Å². The lowest BCUT2D eigenvalue weighted by atomic mass is 9.65. The van der Waals surface area contributed by atoms with Crippen molar-refractivity contribution in [3.05, 3.63) is 0 Å². The molecule has 0 saturated carbocycles. The third-order valence-corrected chi connectivity index (χ3v) is 6.18. The third-order valence-electron chi connectivity index (χ3n) is 6.18. The smallest absolute Gasteiger partial charge is 0.0354 e. The van der Waals surface area contributed by atoms with E-state index >= 15 is 0 Å². The predicted molar refractivity (Wildman–Crippen MR) is 84.7 cm³/mol. The van der Waals surface area contributed by atoms with Crippen molar-refractivity contribution in [2.24, 2.45) is 40.9 Å². The minimum atomic E-state index is 0.424. The second-order valence-corrected chi connectivity index (χ2v) is 7.98. The fourth-order valence-corrected chi connectivity index (χ4v) is 3.09. The molecule has 0 nitrogen and oxygen atoms in total. The molecule has 0 saturated heterocycles. The highest BCUT2D eigenvalue weighted by molar-refractivity contribution is 4.82. The Balaban J connectivity index is 4.68. The highest BCUT2D eigenvalue weighted by Gasteiger charge is 2.33. The Hall–Kier alpha value is 0. The lowest BCUT2D eigenvalue weighted by Gasteiger charge is -2.40. The Morgan fingerprint density at radius 3 is 1.39 bits per heavy atom. The molecule has 0 bridgehead atoms. The van der Waals surface area contributed by atoms with Crippen molar-refractivity contribution in [2.75, 3.05) is 0 Å². The molecule has 0 N–H and O–H groups in total. The second-order valence-electron chi connectivity index (χ2n) is 7.98. The van der Waals surface area contributed by atoms with E-state index in [1.807, 2.05) is 0 Å². The summed E-state index contributed by atoms with van der Waals surface area (Å²) in [7, 11) is 0. The van der Waals surface area contributed by atoms with Crippen molar-refractivity contribution >= 4 is 0 Å². The summed E-state index contributed by atoms with van der Waals surface area (Å²) in [4.78, 5) is 0. The molecule has 0 heterocycles. The lowest BCUT2D eigenvalue weighted by molar-refractivity contribution is 0.0879. The highest BCUT2D eigenvalue weighted by Crippen LogP contribution is 2.40. The van der Waals surface area contributed by atoms with Gasteiger partial charge in [0.25, 0.3) is 0 Å². The van der Waals surface area contributed by atoms with Gasteiger partial charge in [0.2, 0.25) is 0 Å². The van der Waals surface area contributed by atoms with Gasteiger partial charge in [0.05, 0.1) is 0 Å². The molecule has 0 aromatic carbocycles. The highest BCUT2D eigenvalue weighted by atomic mass is 14.4. The molecule has 18 heavy (non-hydrogen) atoms. The Morgan fingerprint density at radius 2 is 1.06 bits per heavy atom. The van der Waals surface area contributed by atoms with Gasteiger partial charge in [-0.05, 0) is 40.9 Å². The first-order valence-corrected chi connectivity index (χ1v) is 8.03. The van der Waals surface area contributed by atoms with Crippen LogP contribution in [-0.4, -0.2) is 0 Å². The van der Waals surface area contributed by atoms with E-state index in [2.05, 4.69) is 69.2 Å². The van der Waals surface area contributed by atoms with Crippen molar-refractivity contribution in [2.45, 2.75) is 75.7 Å². The van der Waals surface area contributed by atoms with Crippen molar-refractivity contribution in [3.8, 4) is 0 Å². The van der Waals surface area contributed by atoms with Crippen LogP contribution in [0.4, 0.5) is 0 Å². The molecule has 0 fully saturated rings. The summed E-state index contributed by atoms with van der Waals surface area (Å²) in [5, 5.41) is 0. The summed E-state index contributed by atoms with van der Waals surface area (Å²) in [6.07, 6.45) is 1.31. The number of hydrogen-bond acceptors (Lipinski definition) is 0. The van der Waals surface area contributed by atoms with Gasteiger partial charge in [-0.2, -0.15) is 0 Å². The number of hydrogen-bond donors (Lipinski definition) is 0. The van der Waals surface area contributed by atoms with E-state index in [-0.39, 0.29) is 0 Å². The SMILES string of the molecule is CCC(C)C(C)C(C)C(C)C(C)C(C)C(C)(C)C. The fourth-order valence-electron chi connectivity index (χ4n) is 3.09. The first kappa shape index (κ1) is 18.0. The molecule has 0 aliphatic heterocycles. The first-order chi connectivity index (χ1) is 8.03. The summed E-state index contributed by atoms with van der Waals surface area (Å²) >= 11 is 0. The molecule has 0 amide bonds. The Bertz CT molecular complexity index is 223. The van der Waals surface area contributed by atoms with Crippen LogP contribution in [0.5, 0.6) is 0 Å². The summed E-state index contributed by atoms with van der Waals surface area (Å²) in [5.74, 6) is 4.88. The third kappa shape index (κ3) is 4.59. The molecule has 0 radical (unpaired) electrons. The topological polar surface area (TPSA) is 0 Å². The molecule has 6 atom stereocenters. The number of rotatable bonds is 6. The minimum absolute atomic E-state index is 0.424. The monoisotopic (exact) mass is 254 g/mol. The zero-order valence-electron chi connectivity index (χ0n) is 14.7. The van der Waals surface area contributed by atoms with Crippen LogP contribution in [0.25, 0.3) is 0 Å². The zero-order chi connectivity index (χ0) is 14.7.